The standard InChI is InChI=1S/C23H29FO3/c1-11-9-17(25)20(27-6)19-13(3)12(2)18-14(23(11,19)5)7-8-22(4)15(18)10-16(24)21(22)26/h9,12,14-16,18H,3,7-8,10H2,1-2,4-6H3/t12-,14+,15+,16-,18-,22+,23-/m1/s1. The minimum Gasteiger partial charge on any atom is -0.492 e. The highest BCUT2D eigenvalue weighted by Crippen LogP contribution is 2.67. The van der Waals surface area contributed by atoms with Crippen LogP contribution in [0, 0.1) is 34.5 Å². The van der Waals surface area contributed by atoms with Crippen LogP contribution in [0.2, 0.25) is 0 Å². The van der Waals surface area contributed by atoms with E-state index in [1.807, 2.05) is 13.8 Å². The smallest absolute Gasteiger partial charge is 0.220 e. The molecule has 146 valence electrons. The van der Waals surface area contributed by atoms with Crippen molar-refractivity contribution in [3.63, 3.8) is 0 Å². The number of ketones is 2. The van der Waals surface area contributed by atoms with E-state index >= 15 is 0 Å². The molecular formula is C23H29FO3. The first-order valence-corrected chi connectivity index (χ1v) is 9.98. The van der Waals surface area contributed by atoms with Crippen molar-refractivity contribution in [2.24, 2.45) is 34.5 Å². The highest BCUT2D eigenvalue weighted by atomic mass is 19.1. The number of hydrogen-bond donors (Lipinski definition) is 0. The highest BCUT2D eigenvalue weighted by Gasteiger charge is 2.64. The number of carbonyl (C=O) groups is 2. The summed E-state index contributed by atoms with van der Waals surface area (Å²) < 4.78 is 20.0. The minimum atomic E-state index is -1.34. The molecule has 7 atom stereocenters. The SMILES string of the molecule is C=C1C2=C(OC)C(=O)C=C(C)[C@]2(C)[C@H]2CC[C@]3(C)C(=O)[C@H](F)C[C@H]3[C@@H]2[C@@H]1C. The van der Waals surface area contributed by atoms with Crippen molar-refractivity contribution in [2.75, 3.05) is 7.11 Å². The largest absolute Gasteiger partial charge is 0.492 e. The van der Waals surface area contributed by atoms with E-state index in [-0.39, 0.29) is 40.7 Å². The number of fused-ring (bicyclic) bond motifs is 5. The van der Waals surface area contributed by atoms with Crippen molar-refractivity contribution >= 4 is 11.6 Å². The second-order valence-corrected chi connectivity index (χ2v) is 9.43. The number of alkyl halides is 1. The van der Waals surface area contributed by atoms with Gasteiger partial charge in [-0.2, -0.15) is 0 Å². The van der Waals surface area contributed by atoms with Gasteiger partial charge in [0.1, 0.15) is 0 Å². The predicted molar refractivity (Wildman–Crippen MR) is 102 cm³/mol. The summed E-state index contributed by atoms with van der Waals surface area (Å²) in [6.45, 7) is 12.6. The Labute approximate surface area is 160 Å². The Morgan fingerprint density at radius 2 is 1.93 bits per heavy atom. The number of hydrogen-bond acceptors (Lipinski definition) is 3. The maximum absolute atomic E-state index is 14.5. The molecule has 3 nitrogen and oxygen atoms in total. The molecule has 0 saturated heterocycles. The zero-order valence-electron chi connectivity index (χ0n) is 16.9. The Balaban J connectivity index is 1.90. The Morgan fingerprint density at radius 1 is 1.26 bits per heavy atom. The molecule has 0 bridgehead atoms. The van der Waals surface area contributed by atoms with E-state index < -0.39 is 11.6 Å². The molecule has 0 heterocycles. The van der Waals surface area contributed by atoms with E-state index in [1.54, 1.807) is 13.2 Å². The van der Waals surface area contributed by atoms with Crippen LogP contribution in [-0.4, -0.2) is 24.8 Å². The number of ether oxygens (including phenoxy) is 1. The van der Waals surface area contributed by atoms with Gasteiger partial charge in [0.05, 0.1) is 7.11 Å². The molecular weight excluding hydrogens is 343 g/mol. The van der Waals surface area contributed by atoms with Gasteiger partial charge in [0, 0.05) is 16.4 Å². The summed E-state index contributed by atoms with van der Waals surface area (Å²) in [4.78, 5) is 25.2. The van der Waals surface area contributed by atoms with E-state index in [0.717, 1.165) is 23.1 Å². The molecule has 0 spiro atoms. The normalized spacial score (nSPS) is 46.7. The molecule has 0 aromatic rings. The quantitative estimate of drug-likeness (QED) is 0.676. The van der Waals surface area contributed by atoms with E-state index in [9.17, 15) is 14.0 Å². The van der Waals surface area contributed by atoms with Crippen molar-refractivity contribution in [2.45, 2.75) is 53.1 Å². The summed E-state index contributed by atoms with van der Waals surface area (Å²) in [6.07, 6.45) is 2.23. The summed E-state index contributed by atoms with van der Waals surface area (Å²) >= 11 is 0. The van der Waals surface area contributed by atoms with Crippen molar-refractivity contribution in [1.29, 1.82) is 0 Å². The van der Waals surface area contributed by atoms with Crippen LogP contribution < -0.4 is 0 Å². The number of rotatable bonds is 1. The van der Waals surface area contributed by atoms with Gasteiger partial charge in [0.15, 0.2) is 17.7 Å². The summed E-state index contributed by atoms with van der Waals surface area (Å²) in [7, 11) is 1.54. The van der Waals surface area contributed by atoms with E-state index in [0.29, 0.717) is 18.6 Å². The third-order valence-electron chi connectivity index (χ3n) is 8.56. The Bertz CT molecular complexity index is 821. The summed E-state index contributed by atoms with van der Waals surface area (Å²) in [5.74, 6) is 0.638. The third-order valence-corrected chi connectivity index (χ3v) is 8.56. The average Bonchev–Trinajstić information content (AvgIpc) is 2.85. The monoisotopic (exact) mass is 372 g/mol. The Kier molecular flexibility index (Phi) is 3.90. The molecule has 4 rings (SSSR count). The molecule has 3 saturated carbocycles. The fourth-order valence-electron chi connectivity index (χ4n) is 6.91. The van der Waals surface area contributed by atoms with Crippen molar-refractivity contribution < 1.29 is 18.7 Å². The van der Waals surface area contributed by atoms with Gasteiger partial charge in [-0.25, -0.2) is 4.39 Å². The van der Waals surface area contributed by atoms with Gasteiger partial charge in [-0.15, -0.1) is 0 Å². The van der Waals surface area contributed by atoms with Crippen LogP contribution in [0.3, 0.4) is 0 Å². The molecule has 0 unspecified atom stereocenters. The zero-order valence-corrected chi connectivity index (χ0v) is 16.9. The van der Waals surface area contributed by atoms with Gasteiger partial charge >= 0.3 is 0 Å². The zero-order chi connectivity index (χ0) is 19.9. The first-order valence-electron chi connectivity index (χ1n) is 9.98. The minimum absolute atomic E-state index is 0.0281. The third kappa shape index (κ3) is 2.07. The molecule has 0 aromatic heterocycles. The lowest BCUT2D eigenvalue weighted by atomic mass is 9.44. The Hall–Kier alpha value is -1.71. The molecule has 0 N–H and O–H groups in total. The van der Waals surface area contributed by atoms with E-state index in [1.165, 1.54) is 0 Å². The number of halogens is 1. The lowest BCUT2D eigenvalue weighted by molar-refractivity contribution is -0.135. The number of Topliss-reactive ketones (excluding diaryl/α,β-unsaturated/α-hetero) is 1. The van der Waals surface area contributed by atoms with Gasteiger partial charge in [-0.1, -0.05) is 32.9 Å². The summed E-state index contributed by atoms with van der Waals surface area (Å²) in [6, 6.07) is 0. The van der Waals surface area contributed by atoms with Crippen LogP contribution in [-0.2, 0) is 14.3 Å². The van der Waals surface area contributed by atoms with E-state index in [4.69, 9.17) is 4.74 Å². The van der Waals surface area contributed by atoms with Crippen LogP contribution >= 0.6 is 0 Å². The maximum Gasteiger partial charge on any atom is 0.220 e. The van der Waals surface area contributed by atoms with Crippen LogP contribution in [0.5, 0.6) is 0 Å². The Morgan fingerprint density at radius 3 is 2.56 bits per heavy atom. The molecule has 4 aliphatic carbocycles. The van der Waals surface area contributed by atoms with Gasteiger partial charge < -0.3 is 4.74 Å². The molecule has 0 amide bonds. The maximum atomic E-state index is 14.5. The molecule has 4 aliphatic rings. The summed E-state index contributed by atoms with van der Waals surface area (Å²) in [5.41, 5.74) is 1.94. The van der Waals surface area contributed by atoms with Crippen molar-refractivity contribution in [3.05, 3.63) is 35.1 Å². The average molecular weight is 372 g/mol. The fourth-order valence-corrected chi connectivity index (χ4v) is 6.91. The number of carbonyl (C=O) groups excluding carboxylic acids is 2. The lowest BCUT2D eigenvalue weighted by Gasteiger charge is -2.59. The first-order chi connectivity index (χ1) is 12.6. The predicted octanol–water partition coefficient (Wildman–Crippen LogP) is 4.59. The van der Waals surface area contributed by atoms with Crippen LogP contribution in [0.15, 0.2) is 35.1 Å². The molecule has 0 aromatic carbocycles. The highest BCUT2D eigenvalue weighted by molar-refractivity contribution is 6.06. The van der Waals surface area contributed by atoms with Crippen LogP contribution in [0.1, 0.15) is 47.0 Å². The van der Waals surface area contributed by atoms with Crippen LogP contribution in [0.25, 0.3) is 0 Å². The first kappa shape index (κ1) is 18.6. The van der Waals surface area contributed by atoms with Crippen LogP contribution in [0.4, 0.5) is 4.39 Å². The number of methoxy groups -OCH3 is 1. The van der Waals surface area contributed by atoms with Gasteiger partial charge in [-0.05, 0) is 61.5 Å². The van der Waals surface area contributed by atoms with Gasteiger partial charge in [0.25, 0.3) is 0 Å². The second kappa shape index (κ2) is 5.65. The summed E-state index contributed by atoms with van der Waals surface area (Å²) in [5, 5.41) is 0. The van der Waals surface area contributed by atoms with Crippen molar-refractivity contribution in [3.8, 4) is 0 Å². The second-order valence-electron chi connectivity index (χ2n) is 9.43. The van der Waals surface area contributed by atoms with E-state index in [2.05, 4.69) is 20.4 Å². The van der Waals surface area contributed by atoms with Gasteiger partial charge in [0.2, 0.25) is 5.78 Å². The van der Waals surface area contributed by atoms with Gasteiger partial charge in [-0.3, -0.25) is 9.59 Å². The topological polar surface area (TPSA) is 43.4 Å². The molecule has 27 heavy (non-hydrogen) atoms. The molecule has 0 radical (unpaired) electrons. The van der Waals surface area contributed by atoms with Crippen molar-refractivity contribution in [1.82, 2.24) is 0 Å². The lowest BCUT2D eigenvalue weighted by Crippen LogP contribution is -2.54. The molecule has 4 heteroatoms. The molecule has 0 aliphatic heterocycles. The molecule has 3 fully saturated rings. The number of allylic oxidation sites excluding steroid dienone is 4. The fraction of sp³-hybridized carbons (Fsp3) is 0.652.